The summed E-state index contributed by atoms with van der Waals surface area (Å²) in [5, 5.41) is 3.56. The van der Waals surface area contributed by atoms with Crippen molar-refractivity contribution in [1.82, 2.24) is 15.3 Å². The van der Waals surface area contributed by atoms with Crippen LogP contribution in [-0.2, 0) is 0 Å². The Balaban J connectivity index is 1.48. The monoisotopic (exact) mass is 349 g/mol. The van der Waals surface area contributed by atoms with Gasteiger partial charge in [-0.05, 0) is 43.9 Å². The Morgan fingerprint density at radius 3 is 2.58 bits per heavy atom. The lowest BCUT2D eigenvalue weighted by Crippen LogP contribution is -2.39. The number of carbonyl (C=O) groups is 1. The molecule has 3 rings (SSSR count). The number of aromatic nitrogens is 2. The van der Waals surface area contributed by atoms with E-state index in [4.69, 9.17) is 16.3 Å². The molecule has 1 aliphatic rings. The molecule has 0 radical (unpaired) electrons. The van der Waals surface area contributed by atoms with Gasteiger partial charge >= 0.3 is 6.01 Å². The maximum Gasteiger partial charge on any atom is 0.316 e. The largest absolute Gasteiger partial charge is 0.460 e. The zero-order valence-electron chi connectivity index (χ0n) is 12.9. The van der Waals surface area contributed by atoms with Gasteiger partial charge in [0.2, 0.25) is 0 Å². The van der Waals surface area contributed by atoms with Gasteiger partial charge in [0.25, 0.3) is 5.91 Å². The molecule has 0 unspecified atom stereocenters. The molecule has 126 valence electrons. The number of nitrogens with zero attached hydrogens (tertiary/aromatic N) is 2. The van der Waals surface area contributed by atoms with E-state index in [1.165, 1.54) is 0 Å². The third-order valence-corrected chi connectivity index (χ3v) is 4.20. The first-order valence-corrected chi connectivity index (χ1v) is 8.18. The Morgan fingerprint density at radius 2 is 1.92 bits per heavy atom. The van der Waals surface area contributed by atoms with Gasteiger partial charge in [-0.15, -0.1) is 0 Å². The van der Waals surface area contributed by atoms with E-state index < -0.39 is 5.82 Å². The van der Waals surface area contributed by atoms with Gasteiger partial charge in [-0.25, -0.2) is 14.4 Å². The molecule has 0 atom stereocenters. The highest BCUT2D eigenvalue weighted by Crippen LogP contribution is 2.22. The molecule has 1 aliphatic carbocycles. The molecular weight excluding hydrogens is 333 g/mol. The summed E-state index contributed by atoms with van der Waals surface area (Å²) in [6.45, 7) is 0. The zero-order chi connectivity index (χ0) is 16.9. The number of rotatable bonds is 4. The van der Waals surface area contributed by atoms with E-state index in [0.29, 0.717) is 10.6 Å². The topological polar surface area (TPSA) is 64.1 Å². The highest BCUT2D eigenvalue weighted by Gasteiger charge is 2.24. The van der Waals surface area contributed by atoms with E-state index in [2.05, 4.69) is 15.3 Å². The summed E-state index contributed by atoms with van der Waals surface area (Å²) in [4.78, 5) is 19.8. The summed E-state index contributed by atoms with van der Waals surface area (Å²) in [7, 11) is 0. The molecule has 1 fully saturated rings. The van der Waals surface area contributed by atoms with E-state index in [1.807, 2.05) is 0 Å². The summed E-state index contributed by atoms with van der Waals surface area (Å²) in [5.74, 6) is -0.612. The Hall–Kier alpha value is -2.21. The molecule has 5 nitrogen and oxygen atoms in total. The predicted octanol–water partition coefficient (Wildman–Crippen LogP) is 3.39. The lowest BCUT2D eigenvalue weighted by molar-refractivity contribution is 0.0885. The fourth-order valence-corrected chi connectivity index (χ4v) is 2.92. The van der Waals surface area contributed by atoms with Gasteiger partial charge in [0.15, 0.2) is 5.82 Å². The number of hydrogen-bond donors (Lipinski definition) is 1. The molecular formula is C17H17ClFN3O2. The highest BCUT2D eigenvalue weighted by molar-refractivity contribution is 6.30. The molecule has 0 spiro atoms. The second kappa shape index (κ2) is 7.57. The van der Waals surface area contributed by atoms with Crippen LogP contribution in [0.1, 0.15) is 36.0 Å². The average molecular weight is 350 g/mol. The molecule has 0 saturated heterocycles. The molecule has 7 heteroatoms. The number of halogens is 2. The second-order valence-electron chi connectivity index (χ2n) is 5.76. The van der Waals surface area contributed by atoms with Crippen LogP contribution in [0.25, 0.3) is 0 Å². The van der Waals surface area contributed by atoms with Crippen molar-refractivity contribution in [3.63, 3.8) is 0 Å². The summed E-state index contributed by atoms with van der Waals surface area (Å²) in [6, 6.07) is 7.16. The van der Waals surface area contributed by atoms with Crippen molar-refractivity contribution < 1.29 is 13.9 Å². The van der Waals surface area contributed by atoms with Crippen molar-refractivity contribution in [1.29, 1.82) is 0 Å². The number of carbonyl (C=O) groups excluding carboxylic acids is 1. The predicted molar refractivity (Wildman–Crippen MR) is 87.6 cm³/mol. The van der Waals surface area contributed by atoms with Gasteiger partial charge in [0.1, 0.15) is 6.10 Å². The summed E-state index contributed by atoms with van der Waals surface area (Å²) >= 11 is 5.91. The number of benzene rings is 1. The molecule has 1 aromatic carbocycles. The first-order chi connectivity index (χ1) is 11.6. The minimum atomic E-state index is -0.491. The van der Waals surface area contributed by atoms with Crippen LogP contribution in [0.3, 0.4) is 0 Å². The van der Waals surface area contributed by atoms with E-state index in [1.54, 1.807) is 24.3 Å². The van der Waals surface area contributed by atoms with Crippen molar-refractivity contribution in [2.24, 2.45) is 0 Å². The number of amides is 1. The van der Waals surface area contributed by atoms with Crippen molar-refractivity contribution in [2.75, 3.05) is 0 Å². The van der Waals surface area contributed by atoms with Crippen LogP contribution >= 0.6 is 11.6 Å². The Labute approximate surface area is 144 Å². The van der Waals surface area contributed by atoms with Gasteiger partial charge in [-0.3, -0.25) is 4.79 Å². The lowest BCUT2D eigenvalue weighted by atomic mass is 9.92. The normalized spacial score (nSPS) is 20.4. The molecule has 1 heterocycles. The Morgan fingerprint density at radius 1 is 1.21 bits per heavy atom. The van der Waals surface area contributed by atoms with E-state index in [0.717, 1.165) is 38.1 Å². The lowest BCUT2D eigenvalue weighted by Gasteiger charge is -2.28. The second-order valence-corrected chi connectivity index (χ2v) is 6.20. The van der Waals surface area contributed by atoms with Crippen LogP contribution in [-0.4, -0.2) is 28.0 Å². The molecule has 24 heavy (non-hydrogen) atoms. The quantitative estimate of drug-likeness (QED) is 0.919. The number of ether oxygens (including phenoxy) is 1. The number of nitrogens with one attached hydrogen (secondary N) is 1. The average Bonchev–Trinajstić information content (AvgIpc) is 2.59. The summed E-state index contributed by atoms with van der Waals surface area (Å²) in [6.07, 6.45) is 5.31. The van der Waals surface area contributed by atoms with E-state index >= 15 is 0 Å². The summed E-state index contributed by atoms with van der Waals surface area (Å²) in [5.41, 5.74) is 0.556. The summed E-state index contributed by atoms with van der Waals surface area (Å²) < 4.78 is 18.4. The smallest absolute Gasteiger partial charge is 0.316 e. The van der Waals surface area contributed by atoms with Gasteiger partial charge in [0.05, 0.1) is 12.4 Å². The molecule has 1 amide bonds. The van der Waals surface area contributed by atoms with Crippen LogP contribution in [0.15, 0.2) is 36.7 Å². The van der Waals surface area contributed by atoms with Crippen LogP contribution in [0, 0.1) is 5.82 Å². The van der Waals surface area contributed by atoms with Gasteiger partial charge in [0, 0.05) is 16.6 Å². The fraction of sp³-hybridized carbons (Fsp3) is 0.353. The van der Waals surface area contributed by atoms with E-state index in [-0.39, 0.29) is 24.1 Å². The minimum Gasteiger partial charge on any atom is -0.460 e. The van der Waals surface area contributed by atoms with Gasteiger partial charge < -0.3 is 10.1 Å². The SMILES string of the molecule is O=C(NC1CCC(Oc2ncc(F)cn2)CC1)c1cccc(Cl)c1. The van der Waals surface area contributed by atoms with Crippen molar-refractivity contribution in [2.45, 2.75) is 37.8 Å². The minimum absolute atomic E-state index is 0.0187. The standard InChI is InChI=1S/C17H17ClFN3O2/c18-12-3-1-2-11(8-12)16(23)22-14-4-6-15(7-5-14)24-17-20-9-13(19)10-21-17/h1-3,8-10,14-15H,4-7H2,(H,22,23). The maximum absolute atomic E-state index is 12.8. The highest BCUT2D eigenvalue weighted by atomic mass is 35.5. The van der Waals surface area contributed by atoms with Crippen LogP contribution < -0.4 is 10.1 Å². The zero-order valence-corrected chi connectivity index (χ0v) is 13.7. The van der Waals surface area contributed by atoms with Crippen LogP contribution in [0.2, 0.25) is 5.02 Å². The molecule has 2 aromatic rings. The molecule has 1 aromatic heterocycles. The Kier molecular flexibility index (Phi) is 5.25. The molecule has 0 bridgehead atoms. The van der Waals surface area contributed by atoms with Crippen molar-refractivity contribution in [3.05, 3.63) is 53.1 Å². The van der Waals surface area contributed by atoms with Crippen LogP contribution in [0.5, 0.6) is 6.01 Å². The number of hydrogen-bond acceptors (Lipinski definition) is 4. The third kappa shape index (κ3) is 4.41. The van der Waals surface area contributed by atoms with Crippen LogP contribution in [0.4, 0.5) is 4.39 Å². The first kappa shape index (κ1) is 16.6. The molecule has 1 N–H and O–H groups in total. The molecule has 1 saturated carbocycles. The Bertz CT molecular complexity index is 703. The van der Waals surface area contributed by atoms with Crippen molar-refractivity contribution in [3.8, 4) is 6.01 Å². The molecule has 0 aliphatic heterocycles. The van der Waals surface area contributed by atoms with Gasteiger partial charge in [-0.1, -0.05) is 17.7 Å². The third-order valence-electron chi connectivity index (χ3n) is 3.96. The van der Waals surface area contributed by atoms with Crippen molar-refractivity contribution >= 4 is 17.5 Å². The maximum atomic E-state index is 12.8. The van der Waals surface area contributed by atoms with Gasteiger partial charge in [-0.2, -0.15) is 0 Å². The first-order valence-electron chi connectivity index (χ1n) is 7.81. The fourth-order valence-electron chi connectivity index (χ4n) is 2.73. The van der Waals surface area contributed by atoms with E-state index in [9.17, 15) is 9.18 Å².